The number of methoxy groups -OCH3 is 1. The van der Waals surface area contributed by atoms with E-state index in [-0.39, 0.29) is 11.6 Å². The average Bonchev–Trinajstić information content (AvgIpc) is 3.00. The van der Waals surface area contributed by atoms with Crippen molar-refractivity contribution in [1.29, 1.82) is 0 Å². The van der Waals surface area contributed by atoms with E-state index in [0.29, 0.717) is 27.7 Å². The number of anilines is 2. The standard InChI is InChI=1S/C33H30ClN3O4S/c1-21-18-28(30(41-3)20-27(21)34)36-31(38)22(2)42-26-16-14-25(15-17-26)35-33(40)29(19-23-10-6-4-7-11-23)37-32(39)24-12-8-5-9-13-24/h4-20,22H,1-3H3,(H,35,40)(H,36,38)(H,37,39)/b29-19-. The van der Waals surface area contributed by atoms with Crippen molar-refractivity contribution in [3.63, 3.8) is 0 Å². The molecule has 0 aliphatic heterocycles. The molecule has 0 fully saturated rings. The summed E-state index contributed by atoms with van der Waals surface area (Å²) in [5.41, 5.74) is 3.22. The molecule has 0 aliphatic rings. The summed E-state index contributed by atoms with van der Waals surface area (Å²) in [6, 6.07) is 28.5. The second-order valence-corrected chi connectivity index (χ2v) is 11.1. The van der Waals surface area contributed by atoms with Crippen LogP contribution >= 0.6 is 23.4 Å². The minimum Gasteiger partial charge on any atom is -0.495 e. The molecular weight excluding hydrogens is 570 g/mol. The highest BCUT2D eigenvalue weighted by atomic mass is 35.5. The largest absolute Gasteiger partial charge is 0.495 e. The van der Waals surface area contributed by atoms with Gasteiger partial charge in [-0.05, 0) is 73.5 Å². The second-order valence-electron chi connectivity index (χ2n) is 9.32. The van der Waals surface area contributed by atoms with Crippen molar-refractivity contribution in [3.05, 3.63) is 124 Å². The van der Waals surface area contributed by atoms with Crippen LogP contribution in [0.3, 0.4) is 0 Å². The van der Waals surface area contributed by atoms with Gasteiger partial charge in [-0.3, -0.25) is 14.4 Å². The number of thioether (sulfide) groups is 1. The van der Waals surface area contributed by atoms with E-state index in [0.717, 1.165) is 16.0 Å². The van der Waals surface area contributed by atoms with Crippen LogP contribution in [0.4, 0.5) is 11.4 Å². The van der Waals surface area contributed by atoms with Crippen LogP contribution in [0.15, 0.2) is 108 Å². The summed E-state index contributed by atoms with van der Waals surface area (Å²) in [6.07, 6.45) is 1.62. The number of ether oxygens (including phenoxy) is 1. The Bertz CT molecular complexity index is 1590. The van der Waals surface area contributed by atoms with E-state index < -0.39 is 17.1 Å². The lowest BCUT2D eigenvalue weighted by molar-refractivity contribution is -0.115. The highest BCUT2D eigenvalue weighted by Gasteiger charge is 2.18. The number of nitrogens with one attached hydrogen (secondary N) is 3. The van der Waals surface area contributed by atoms with Crippen LogP contribution in [0.25, 0.3) is 6.08 Å². The molecule has 1 unspecified atom stereocenters. The lowest BCUT2D eigenvalue weighted by atomic mass is 10.1. The molecule has 3 amide bonds. The van der Waals surface area contributed by atoms with Gasteiger partial charge in [0.25, 0.3) is 11.8 Å². The predicted octanol–water partition coefficient (Wildman–Crippen LogP) is 7.19. The van der Waals surface area contributed by atoms with Gasteiger partial charge in [0.2, 0.25) is 5.91 Å². The van der Waals surface area contributed by atoms with Crippen LogP contribution in [0.2, 0.25) is 5.02 Å². The fraction of sp³-hybridized carbons (Fsp3) is 0.121. The van der Waals surface area contributed by atoms with Crippen LogP contribution in [0.5, 0.6) is 5.75 Å². The van der Waals surface area contributed by atoms with Gasteiger partial charge in [0.1, 0.15) is 11.4 Å². The van der Waals surface area contributed by atoms with Crippen LogP contribution in [-0.2, 0) is 9.59 Å². The SMILES string of the molecule is COc1cc(Cl)c(C)cc1NC(=O)C(C)Sc1ccc(NC(=O)/C(=C/c2ccccc2)NC(=O)c2ccccc2)cc1. The topological polar surface area (TPSA) is 96.5 Å². The molecule has 0 aliphatic carbocycles. The Morgan fingerprint density at radius 2 is 1.52 bits per heavy atom. The van der Waals surface area contributed by atoms with Crippen LogP contribution in [-0.4, -0.2) is 30.1 Å². The summed E-state index contributed by atoms with van der Waals surface area (Å²) in [5.74, 6) is -0.569. The first-order valence-electron chi connectivity index (χ1n) is 13.1. The monoisotopic (exact) mass is 599 g/mol. The minimum absolute atomic E-state index is 0.103. The van der Waals surface area contributed by atoms with Crippen LogP contribution < -0.4 is 20.7 Å². The van der Waals surface area contributed by atoms with E-state index in [2.05, 4.69) is 16.0 Å². The Morgan fingerprint density at radius 3 is 2.17 bits per heavy atom. The number of hydrogen-bond acceptors (Lipinski definition) is 5. The molecule has 1 atom stereocenters. The lowest BCUT2D eigenvalue weighted by Crippen LogP contribution is -2.30. The summed E-state index contributed by atoms with van der Waals surface area (Å²) in [7, 11) is 1.52. The van der Waals surface area contributed by atoms with Gasteiger partial charge in [-0.25, -0.2) is 0 Å². The smallest absolute Gasteiger partial charge is 0.272 e. The van der Waals surface area contributed by atoms with Crippen LogP contribution in [0.1, 0.15) is 28.4 Å². The van der Waals surface area contributed by atoms with Gasteiger partial charge in [0.15, 0.2) is 0 Å². The molecule has 42 heavy (non-hydrogen) atoms. The molecule has 0 aromatic heterocycles. The molecule has 9 heteroatoms. The normalized spacial score (nSPS) is 11.8. The average molecular weight is 600 g/mol. The van der Waals surface area contributed by atoms with Crippen molar-refractivity contribution >= 4 is 58.5 Å². The maximum absolute atomic E-state index is 13.2. The number of hydrogen-bond donors (Lipinski definition) is 3. The first-order chi connectivity index (χ1) is 20.2. The van der Waals surface area contributed by atoms with Gasteiger partial charge in [-0.2, -0.15) is 0 Å². The fourth-order valence-corrected chi connectivity index (χ4v) is 4.92. The Kier molecular flexibility index (Phi) is 10.4. The number of carbonyl (C=O) groups is 3. The molecule has 7 nitrogen and oxygen atoms in total. The Hall–Kier alpha value is -4.53. The van der Waals surface area contributed by atoms with E-state index in [9.17, 15) is 14.4 Å². The van der Waals surface area contributed by atoms with Crippen LogP contribution in [0, 0.1) is 6.92 Å². The summed E-state index contributed by atoms with van der Waals surface area (Å²) < 4.78 is 5.35. The summed E-state index contributed by atoms with van der Waals surface area (Å²) in [5, 5.41) is 8.62. The molecule has 4 rings (SSSR count). The van der Waals surface area contributed by atoms with Gasteiger partial charge in [0, 0.05) is 27.2 Å². The number of rotatable bonds is 10. The molecule has 0 bridgehead atoms. The van der Waals surface area contributed by atoms with Crippen molar-refractivity contribution < 1.29 is 19.1 Å². The number of benzene rings is 4. The highest BCUT2D eigenvalue weighted by Crippen LogP contribution is 2.32. The molecule has 214 valence electrons. The third-order valence-corrected chi connectivity index (χ3v) is 7.69. The summed E-state index contributed by atoms with van der Waals surface area (Å²) in [6.45, 7) is 3.66. The summed E-state index contributed by atoms with van der Waals surface area (Å²) in [4.78, 5) is 39.8. The van der Waals surface area contributed by atoms with Gasteiger partial charge in [-0.15, -0.1) is 11.8 Å². The van der Waals surface area contributed by atoms with Crippen molar-refractivity contribution in [2.45, 2.75) is 24.0 Å². The second kappa shape index (κ2) is 14.4. The number of halogens is 1. The number of carbonyl (C=O) groups excluding carboxylic acids is 3. The molecule has 3 N–H and O–H groups in total. The maximum Gasteiger partial charge on any atom is 0.272 e. The van der Waals surface area contributed by atoms with Gasteiger partial charge in [-0.1, -0.05) is 60.1 Å². The Balaban J connectivity index is 1.42. The zero-order valence-corrected chi connectivity index (χ0v) is 24.9. The van der Waals surface area contributed by atoms with E-state index >= 15 is 0 Å². The maximum atomic E-state index is 13.2. The third-order valence-electron chi connectivity index (χ3n) is 6.17. The summed E-state index contributed by atoms with van der Waals surface area (Å²) >= 11 is 7.55. The Morgan fingerprint density at radius 1 is 0.881 bits per heavy atom. The van der Waals surface area contributed by atoms with E-state index in [1.165, 1.54) is 18.9 Å². The molecule has 0 spiro atoms. The number of aryl methyl sites for hydroxylation is 1. The molecule has 0 radical (unpaired) electrons. The van der Waals surface area contributed by atoms with Gasteiger partial charge < -0.3 is 20.7 Å². The van der Waals surface area contributed by atoms with Crippen molar-refractivity contribution in [3.8, 4) is 5.75 Å². The fourth-order valence-electron chi connectivity index (χ4n) is 3.90. The zero-order valence-electron chi connectivity index (χ0n) is 23.3. The van der Waals surface area contributed by atoms with Gasteiger partial charge >= 0.3 is 0 Å². The lowest BCUT2D eigenvalue weighted by Gasteiger charge is -2.16. The van der Waals surface area contributed by atoms with Crippen molar-refractivity contribution in [2.75, 3.05) is 17.7 Å². The zero-order chi connectivity index (χ0) is 30.1. The van der Waals surface area contributed by atoms with E-state index in [1.54, 1.807) is 61.5 Å². The highest BCUT2D eigenvalue weighted by molar-refractivity contribution is 8.00. The first kappa shape index (κ1) is 30.4. The molecular formula is C33H30ClN3O4S. The molecule has 0 heterocycles. The molecule has 0 saturated heterocycles. The van der Waals surface area contributed by atoms with Crippen molar-refractivity contribution in [2.24, 2.45) is 0 Å². The minimum atomic E-state index is -0.469. The first-order valence-corrected chi connectivity index (χ1v) is 14.4. The Labute approximate surface area is 254 Å². The van der Waals surface area contributed by atoms with E-state index in [4.69, 9.17) is 16.3 Å². The molecule has 4 aromatic rings. The third kappa shape index (κ3) is 8.25. The quantitative estimate of drug-likeness (QED) is 0.132. The predicted molar refractivity (Wildman–Crippen MR) is 170 cm³/mol. The van der Waals surface area contributed by atoms with E-state index in [1.807, 2.05) is 55.5 Å². The number of amides is 3. The molecule has 0 saturated carbocycles. The van der Waals surface area contributed by atoms with Gasteiger partial charge in [0.05, 0.1) is 18.0 Å². The molecule has 4 aromatic carbocycles. The van der Waals surface area contributed by atoms with Crippen molar-refractivity contribution in [1.82, 2.24) is 5.32 Å².